The minimum atomic E-state index is 0.296. The molecule has 0 aliphatic heterocycles. The summed E-state index contributed by atoms with van der Waals surface area (Å²) in [6.45, 7) is 1.57. The number of aromatic nitrogens is 4. The molecule has 0 aliphatic carbocycles. The second-order valence-corrected chi connectivity index (χ2v) is 7.96. The molecule has 1 aromatic carbocycles. The number of nitrogens with zero attached hydrogens (tertiary/aromatic N) is 2. The van der Waals surface area contributed by atoms with E-state index in [1.807, 2.05) is 18.2 Å². The molecular formula is C23H21N5S. The molecule has 0 saturated carbocycles. The first-order valence-electron chi connectivity index (χ1n) is 9.64. The van der Waals surface area contributed by atoms with Gasteiger partial charge in [-0.3, -0.25) is 10.1 Å². The van der Waals surface area contributed by atoms with E-state index in [4.69, 9.17) is 0 Å². The summed E-state index contributed by atoms with van der Waals surface area (Å²) >= 11 is 1.80. The summed E-state index contributed by atoms with van der Waals surface area (Å²) in [5.41, 5.74) is 5.31. The molecule has 0 radical (unpaired) electrons. The van der Waals surface area contributed by atoms with Gasteiger partial charge in [-0.15, -0.1) is 11.3 Å². The van der Waals surface area contributed by atoms with E-state index < -0.39 is 0 Å². The average molecular weight is 400 g/mol. The Morgan fingerprint density at radius 2 is 1.93 bits per heavy atom. The maximum absolute atomic E-state index is 4.39. The fraction of sp³-hybridized carbons (Fsp3) is 0.130. The highest BCUT2D eigenvalue weighted by atomic mass is 32.1. The van der Waals surface area contributed by atoms with Crippen molar-refractivity contribution >= 4 is 22.2 Å². The monoisotopic (exact) mass is 399 g/mol. The van der Waals surface area contributed by atoms with Crippen molar-refractivity contribution in [2.75, 3.05) is 6.54 Å². The molecule has 4 aromatic heterocycles. The largest absolute Gasteiger partial charge is 0.361 e. The van der Waals surface area contributed by atoms with Crippen molar-refractivity contribution in [3.8, 4) is 11.4 Å². The molecule has 0 bridgehead atoms. The summed E-state index contributed by atoms with van der Waals surface area (Å²) in [4.78, 5) is 9.14. The summed E-state index contributed by atoms with van der Waals surface area (Å²) in [7, 11) is 0. The van der Waals surface area contributed by atoms with E-state index in [1.54, 1.807) is 17.5 Å². The zero-order valence-electron chi connectivity index (χ0n) is 15.8. The number of hydrogen-bond acceptors (Lipinski definition) is 4. The number of thiophene rings is 1. The van der Waals surface area contributed by atoms with Crippen LogP contribution >= 0.6 is 11.3 Å². The third-order valence-corrected chi connectivity index (χ3v) is 6.09. The lowest BCUT2D eigenvalue weighted by molar-refractivity contribution is 0.633. The number of para-hydroxylation sites is 1. The fourth-order valence-corrected chi connectivity index (χ4v) is 4.53. The Balaban J connectivity index is 1.33. The Labute approximate surface area is 172 Å². The number of rotatable bonds is 7. The molecule has 144 valence electrons. The van der Waals surface area contributed by atoms with Gasteiger partial charge in [0.25, 0.3) is 0 Å². The maximum atomic E-state index is 4.39. The smallest absolute Gasteiger partial charge is 0.111 e. The molecule has 0 spiro atoms. The summed E-state index contributed by atoms with van der Waals surface area (Å²) in [6, 6.07) is 20.7. The predicted octanol–water partition coefficient (Wildman–Crippen LogP) is 4.94. The van der Waals surface area contributed by atoms with Crippen LogP contribution in [-0.4, -0.2) is 26.7 Å². The summed E-state index contributed by atoms with van der Waals surface area (Å²) < 4.78 is 0. The third-order valence-electron chi connectivity index (χ3n) is 5.11. The molecule has 5 rings (SSSR count). The molecule has 0 fully saturated rings. The molecule has 0 saturated heterocycles. The molecule has 0 amide bonds. The Morgan fingerprint density at radius 1 is 1.00 bits per heavy atom. The van der Waals surface area contributed by atoms with E-state index in [2.05, 4.69) is 79.5 Å². The average Bonchev–Trinajstić information content (AvgIpc) is 3.53. The van der Waals surface area contributed by atoms with Gasteiger partial charge in [-0.1, -0.05) is 30.3 Å². The highest BCUT2D eigenvalue weighted by Crippen LogP contribution is 2.32. The number of benzene rings is 1. The van der Waals surface area contributed by atoms with Crippen LogP contribution in [-0.2, 0) is 6.54 Å². The molecule has 5 aromatic rings. The van der Waals surface area contributed by atoms with E-state index in [0.29, 0.717) is 5.92 Å². The van der Waals surface area contributed by atoms with Gasteiger partial charge < -0.3 is 10.3 Å². The first kappa shape index (κ1) is 17.8. The molecule has 1 unspecified atom stereocenters. The predicted molar refractivity (Wildman–Crippen MR) is 118 cm³/mol. The minimum Gasteiger partial charge on any atom is -0.361 e. The lowest BCUT2D eigenvalue weighted by Crippen LogP contribution is -2.21. The normalized spacial score (nSPS) is 12.4. The van der Waals surface area contributed by atoms with Gasteiger partial charge in [-0.05, 0) is 41.3 Å². The van der Waals surface area contributed by atoms with Gasteiger partial charge in [0.1, 0.15) is 5.69 Å². The van der Waals surface area contributed by atoms with E-state index in [9.17, 15) is 0 Å². The topological polar surface area (TPSA) is 69.4 Å². The van der Waals surface area contributed by atoms with E-state index >= 15 is 0 Å². The molecular weight excluding hydrogens is 378 g/mol. The molecule has 6 heteroatoms. The third kappa shape index (κ3) is 3.72. The van der Waals surface area contributed by atoms with Crippen LogP contribution in [0.25, 0.3) is 22.3 Å². The van der Waals surface area contributed by atoms with Crippen LogP contribution < -0.4 is 5.32 Å². The maximum Gasteiger partial charge on any atom is 0.111 e. The second-order valence-electron chi connectivity index (χ2n) is 6.98. The zero-order chi connectivity index (χ0) is 19.5. The van der Waals surface area contributed by atoms with Crippen molar-refractivity contribution in [2.24, 2.45) is 0 Å². The fourth-order valence-electron chi connectivity index (χ4n) is 3.68. The van der Waals surface area contributed by atoms with Gasteiger partial charge in [0.05, 0.1) is 5.69 Å². The van der Waals surface area contributed by atoms with Crippen molar-refractivity contribution in [1.29, 1.82) is 0 Å². The Bertz CT molecular complexity index is 1190. The second kappa shape index (κ2) is 8.03. The molecule has 0 aliphatic rings. The summed E-state index contributed by atoms with van der Waals surface area (Å²) in [5, 5.41) is 14.6. The first-order chi connectivity index (χ1) is 14.4. The number of nitrogens with one attached hydrogen (secondary N) is 3. The van der Waals surface area contributed by atoms with Crippen LogP contribution in [0.2, 0.25) is 0 Å². The quantitative estimate of drug-likeness (QED) is 0.363. The summed E-state index contributed by atoms with van der Waals surface area (Å²) in [6.07, 6.45) is 3.93. The van der Waals surface area contributed by atoms with Crippen LogP contribution in [0.5, 0.6) is 0 Å². The van der Waals surface area contributed by atoms with Crippen LogP contribution in [0.1, 0.15) is 22.1 Å². The molecule has 1 atom stereocenters. The molecule has 4 heterocycles. The van der Waals surface area contributed by atoms with Crippen molar-refractivity contribution < 1.29 is 0 Å². The number of fused-ring (bicyclic) bond motifs is 1. The van der Waals surface area contributed by atoms with E-state index in [0.717, 1.165) is 30.2 Å². The molecule has 3 N–H and O–H groups in total. The van der Waals surface area contributed by atoms with Crippen LogP contribution in [0.4, 0.5) is 0 Å². The van der Waals surface area contributed by atoms with Gasteiger partial charge in [0.15, 0.2) is 0 Å². The van der Waals surface area contributed by atoms with Crippen molar-refractivity contribution in [2.45, 2.75) is 12.5 Å². The van der Waals surface area contributed by atoms with Crippen LogP contribution in [0.3, 0.4) is 0 Å². The van der Waals surface area contributed by atoms with Crippen molar-refractivity contribution in [3.05, 3.63) is 94.6 Å². The number of aromatic amines is 2. The zero-order valence-corrected chi connectivity index (χ0v) is 16.6. The van der Waals surface area contributed by atoms with Crippen LogP contribution in [0, 0.1) is 0 Å². The van der Waals surface area contributed by atoms with Crippen molar-refractivity contribution in [3.63, 3.8) is 0 Å². The highest BCUT2D eigenvalue weighted by Gasteiger charge is 2.19. The number of hydrogen-bond donors (Lipinski definition) is 3. The lowest BCUT2D eigenvalue weighted by Gasteiger charge is -2.16. The molecule has 29 heavy (non-hydrogen) atoms. The van der Waals surface area contributed by atoms with Gasteiger partial charge in [0.2, 0.25) is 0 Å². The van der Waals surface area contributed by atoms with E-state index in [1.165, 1.54) is 21.3 Å². The van der Waals surface area contributed by atoms with Gasteiger partial charge in [-0.2, -0.15) is 5.10 Å². The SMILES string of the molecule is c1ccc(-c2cc(CNCC(c3cccs3)c3c[nH]c4ccccc34)[nH]n2)nc1. The van der Waals surface area contributed by atoms with Crippen molar-refractivity contribution in [1.82, 2.24) is 25.5 Å². The number of pyridine rings is 1. The van der Waals surface area contributed by atoms with E-state index in [-0.39, 0.29) is 0 Å². The molecule has 5 nitrogen and oxygen atoms in total. The Kier molecular flexibility index (Phi) is 4.94. The number of H-pyrrole nitrogens is 2. The first-order valence-corrected chi connectivity index (χ1v) is 10.5. The lowest BCUT2D eigenvalue weighted by atomic mass is 9.96. The standard InChI is InChI=1S/C23H21N5S/c1-2-7-20-17(6-1)18(15-26-20)19(23-9-5-11-29-23)14-24-13-16-12-22(28-27-16)21-8-3-4-10-25-21/h1-12,15,19,24,26H,13-14H2,(H,27,28). The Hall–Kier alpha value is -3.22. The van der Waals surface area contributed by atoms with Gasteiger partial charge >= 0.3 is 0 Å². The van der Waals surface area contributed by atoms with Gasteiger partial charge in [0, 0.05) is 52.9 Å². The summed E-state index contributed by atoms with van der Waals surface area (Å²) in [5.74, 6) is 0.296. The van der Waals surface area contributed by atoms with Crippen LogP contribution in [0.15, 0.2) is 78.4 Å². The minimum absolute atomic E-state index is 0.296. The Morgan fingerprint density at radius 3 is 2.79 bits per heavy atom. The van der Waals surface area contributed by atoms with Gasteiger partial charge in [-0.25, -0.2) is 0 Å². The highest BCUT2D eigenvalue weighted by molar-refractivity contribution is 7.10.